The van der Waals surface area contributed by atoms with Gasteiger partial charge in [0, 0.05) is 4.47 Å². The lowest BCUT2D eigenvalue weighted by Gasteiger charge is -2.10. The van der Waals surface area contributed by atoms with Gasteiger partial charge in [0.15, 0.2) is 0 Å². The molecule has 0 unspecified atom stereocenters. The molecule has 0 atom stereocenters. The van der Waals surface area contributed by atoms with E-state index in [-0.39, 0.29) is 10.6 Å². The standard InChI is InChI=1S/C14H13BrFNO2S/c1-9-3-6-13(16)14(7-9)17-20(18,19)11-4-5-12(15)10(2)8-11/h3-8,17H,1-2H3. The number of halogens is 2. The summed E-state index contributed by atoms with van der Waals surface area (Å²) in [5.74, 6) is -0.604. The van der Waals surface area contributed by atoms with Crippen molar-refractivity contribution in [3.05, 3.63) is 57.8 Å². The maximum Gasteiger partial charge on any atom is 0.261 e. The molecule has 0 aliphatic heterocycles. The van der Waals surface area contributed by atoms with Crippen LogP contribution in [0, 0.1) is 19.7 Å². The third kappa shape index (κ3) is 3.19. The summed E-state index contributed by atoms with van der Waals surface area (Å²) in [5, 5.41) is 0. The van der Waals surface area contributed by atoms with Crippen molar-refractivity contribution in [3.8, 4) is 0 Å². The normalized spacial score (nSPS) is 11.4. The first-order valence-electron chi connectivity index (χ1n) is 5.85. The zero-order valence-electron chi connectivity index (χ0n) is 10.9. The number of nitrogens with one attached hydrogen (secondary N) is 1. The van der Waals surface area contributed by atoms with Crippen molar-refractivity contribution in [2.24, 2.45) is 0 Å². The molecule has 0 bridgehead atoms. The number of benzene rings is 2. The highest BCUT2D eigenvalue weighted by Crippen LogP contribution is 2.23. The number of anilines is 1. The van der Waals surface area contributed by atoms with Crippen LogP contribution in [0.4, 0.5) is 10.1 Å². The van der Waals surface area contributed by atoms with Gasteiger partial charge in [-0.15, -0.1) is 0 Å². The minimum atomic E-state index is -3.80. The van der Waals surface area contributed by atoms with Crippen LogP contribution in [0.15, 0.2) is 45.8 Å². The van der Waals surface area contributed by atoms with Gasteiger partial charge in [-0.3, -0.25) is 4.72 Å². The first kappa shape index (κ1) is 15.0. The van der Waals surface area contributed by atoms with Gasteiger partial charge >= 0.3 is 0 Å². The maximum absolute atomic E-state index is 13.6. The summed E-state index contributed by atoms with van der Waals surface area (Å²) in [5.41, 5.74) is 1.51. The van der Waals surface area contributed by atoms with Gasteiger partial charge in [-0.25, -0.2) is 12.8 Å². The Morgan fingerprint density at radius 1 is 1.10 bits per heavy atom. The SMILES string of the molecule is Cc1ccc(F)c(NS(=O)(=O)c2ccc(Br)c(C)c2)c1. The largest absolute Gasteiger partial charge is 0.277 e. The average molecular weight is 358 g/mol. The monoisotopic (exact) mass is 357 g/mol. The van der Waals surface area contributed by atoms with Gasteiger partial charge in [0.2, 0.25) is 0 Å². The molecule has 106 valence electrons. The third-order valence-electron chi connectivity index (χ3n) is 2.81. The van der Waals surface area contributed by atoms with Crippen molar-refractivity contribution >= 4 is 31.6 Å². The van der Waals surface area contributed by atoms with E-state index >= 15 is 0 Å². The van der Waals surface area contributed by atoms with Crippen LogP contribution in [0.2, 0.25) is 0 Å². The van der Waals surface area contributed by atoms with E-state index in [0.29, 0.717) is 0 Å². The van der Waals surface area contributed by atoms with Crippen LogP contribution in [0.3, 0.4) is 0 Å². The predicted octanol–water partition coefficient (Wildman–Crippen LogP) is 4.01. The number of hydrogen-bond acceptors (Lipinski definition) is 2. The summed E-state index contributed by atoms with van der Waals surface area (Å²) in [6, 6.07) is 8.92. The molecule has 0 aliphatic rings. The molecular weight excluding hydrogens is 345 g/mol. The predicted molar refractivity (Wildman–Crippen MR) is 80.8 cm³/mol. The Kier molecular flexibility index (Phi) is 4.15. The lowest BCUT2D eigenvalue weighted by molar-refractivity contribution is 0.598. The van der Waals surface area contributed by atoms with Crippen molar-refractivity contribution in [2.75, 3.05) is 4.72 Å². The van der Waals surface area contributed by atoms with Crippen molar-refractivity contribution in [1.82, 2.24) is 0 Å². The van der Waals surface area contributed by atoms with E-state index in [1.807, 2.05) is 0 Å². The van der Waals surface area contributed by atoms with E-state index < -0.39 is 15.8 Å². The van der Waals surface area contributed by atoms with E-state index in [1.54, 1.807) is 26.0 Å². The maximum atomic E-state index is 13.6. The molecule has 0 heterocycles. The summed E-state index contributed by atoms with van der Waals surface area (Å²) in [6.45, 7) is 3.55. The van der Waals surface area contributed by atoms with Crippen LogP contribution in [0.5, 0.6) is 0 Å². The van der Waals surface area contributed by atoms with Crippen molar-refractivity contribution < 1.29 is 12.8 Å². The molecule has 0 aromatic heterocycles. The Labute approximate surface area is 126 Å². The van der Waals surface area contributed by atoms with Gasteiger partial charge in [0.05, 0.1) is 10.6 Å². The zero-order chi connectivity index (χ0) is 14.9. The molecule has 0 radical (unpaired) electrons. The number of aryl methyl sites for hydroxylation is 2. The molecule has 0 amide bonds. The fourth-order valence-corrected chi connectivity index (χ4v) is 3.09. The lowest BCUT2D eigenvalue weighted by Crippen LogP contribution is -2.14. The smallest absolute Gasteiger partial charge is 0.261 e. The average Bonchev–Trinajstić information content (AvgIpc) is 2.36. The molecule has 2 aromatic rings. The Balaban J connectivity index is 2.40. The van der Waals surface area contributed by atoms with Crippen LogP contribution in [-0.2, 0) is 10.0 Å². The molecule has 0 fully saturated rings. The fourth-order valence-electron chi connectivity index (χ4n) is 1.71. The number of sulfonamides is 1. The van der Waals surface area contributed by atoms with Gasteiger partial charge in [-0.05, 0) is 55.3 Å². The molecule has 2 rings (SSSR count). The highest BCUT2D eigenvalue weighted by molar-refractivity contribution is 9.10. The van der Waals surface area contributed by atoms with Gasteiger partial charge in [0.1, 0.15) is 5.82 Å². The number of rotatable bonds is 3. The van der Waals surface area contributed by atoms with Crippen LogP contribution in [0.1, 0.15) is 11.1 Å². The second kappa shape index (κ2) is 5.54. The summed E-state index contributed by atoms with van der Waals surface area (Å²) in [7, 11) is -3.80. The van der Waals surface area contributed by atoms with Crippen molar-refractivity contribution in [1.29, 1.82) is 0 Å². The molecule has 0 spiro atoms. The third-order valence-corrected chi connectivity index (χ3v) is 5.06. The lowest BCUT2D eigenvalue weighted by atomic mass is 10.2. The Morgan fingerprint density at radius 3 is 2.45 bits per heavy atom. The van der Waals surface area contributed by atoms with Crippen LogP contribution in [-0.4, -0.2) is 8.42 Å². The van der Waals surface area contributed by atoms with Crippen molar-refractivity contribution in [2.45, 2.75) is 18.7 Å². The van der Waals surface area contributed by atoms with E-state index in [4.69, 9.17) is 0 Å². The molecular formula is C14H13BrFNO2S. The molecule has 0 aliphatic carbocycles. The quantitative estimate of drug-likeness (QED) is 0.901. The summed E-state index contributed by atoms with van der Waals surface area (Å²) < 4.78 is 41.2. The molecule has 6 heteroatoms. The molecule has 3 nitrogen and oxygen atoms in total. The van der Waals surface area contributed by atoms with Crippen molar-refractivity contribution in [3.63, 3.8) is 0 Å². The Bertz CT molecular complexity index is 760. The van der Waals surface area contributed by atoms with Crippen LogP contribution >= 0.6 is 15.9 Å². The highest BCUT2D eigenvalue weighted by Gasteiger charge is 2.17. The zero-order valence-corrected chi connectivity index (χ0v) is 13.3. The highest BCUT2D eigenvalue weighted by atomic mass is 79.9. The van der Waals surface area contributed by atoms with Crippen LogP contribution in [0.25, 0.3) is 0 Å². The van der Waals surface area contributed by atoms with Gasteiger partial charge in [-0.2, -0.15) is 0 Å². The second-order valence-corrected chi connectivity index (χ2v) is 7.04. The van der Waals surface area contributed by atoms with Crippen LogP contribution < -0.4 is 4.72 Å². The van der Waals surface area contributed by atoms with E-state index in [2.05, 4.69) is 20.7 Å². The van der Waals surface area contributed by atoms with Gasteiger partial charge in [0.25, 0.3) is 10.0 Å². The molecule has 1 N–H and O–H groups in total. The second-order valence-electron chi connectivity index (χ2n) is 4.50. The molecule has 2 aromatic carbocycles. The van der Waals surface area contributed by atoms with E-state index in [1.165, 1.54) is 24.3 Å². The first-order chi connectivity index (χ1) is 9.29. The summed E-state index contributed by atoms with van der Waals surface area (Å²) in [6.07, 6.45) is 0. The minimum Gasteiger partial charge on any atom is -0.277 e. The fraction of sp³-hybridized carbons (Fsp3) is 0.143. The first-order valence-corrected chi connectivity index (χ1v) is 8.12. The molecule has 0 saturated carbocycles. The Morgan fingerprint density at radius 2 is 1.80 bits per heavy atom. The van der Waals surface area contributed by atoms with Gasteiger partial charge in [-0.1, -0.05) is 22.0 Å². The van der Waals surface area contributed by atoms with E-state index in [0.717, 1.165) is 15.6 Å². The number of hydrogen-bond donors (Lipinski definition) is 1. The molecule has 20 heavy (non-hydrogen) atoms. The minimum absolute atomic E-state index is 0.0504. The Hall–Kier alpha value is -1.40. The topological polar surface area (TPSA) is 46.2 Å². The van der Waals surface area contributed by atoms with Gasteiger partial charge < -0.3 is 0 Å². The summed E-state index contributed by atoms with van der Waals surface area (Å²) >= 11 is 3.31. The summed E-state index contributed by atoms with van der Waals surface area (Å²) in [4.78, 5) is 0.0964. The van der Waals surface area contributed by atoms with E-state index in [9.17, 15) is 12.8 Å². The molecule has 0 saturated heterocycles.